The number of nitrogens with two attached hydrogens (primary N) is 1. The average Bonchev–Trinajstić information content (AvgIpc) is 3.14. The summed E-state index contributed by atoms with van der Waals surface area (Å²) in [6, 6.07) is 15.0. The number of hydrogen-bond donors (Lipinski definition) is 1. The van der Waals surface area contributed by atoms with Gasteiger partial charge in [0.05, 0.1) is 0 Å². The standard InChI is InChI=1S/C21H26N2O2/c1-15-8-9-20(25-14-21(22)24)19(12-15)18-7-5-6-17(13-18)16(2)23-10-3-4-11-23/h5-9,12-13,16H,3-4,10-11,14H2,1-2H3,(H2,22,24). The van der Waals surface area contributed by atoms with Crippen LogP contribution in [0, 0.1) is 6.92 Å². The van der Waals surface area contributed by atoms with Gasteiger partial charge < -0.3 is 10.5 Å². The molecule has 2 aromatic rings. The summed E-state index contributed by atoms with van der Waals surface area (Å²) in [6.07, 6.45) is 2.57. The Labute approximate surface area is 149 Å². The van der Waals surface area contributed by atoms with Crippen LogP contribution >= 0.6 is 0 Å². The van der Waals surface area contributed by atoms with E-state index in [1.807, 2.05) is 12.1 Å². The van der Waals surface area contributed by atoms with E-state index >= 15 is 0 Å². The lowest BCUT2D eigenvalue weighted by Gasteiger charge is -2.24. The molecule has 1 fully saturated rings. The van der Waals surface area contributed by atoms with Crippen molar-refractivity contribution in [3.05, 3.63) is 53.6 Å². The molecule has 1 atom stereocenters. The molecule has 25 heavy (non-hydrogen) atoms. The molecule has 1 aliphatic rings. The van der Waals surface area contributed by atoms with Crippen molar-refractivity contribution in [1.82, 2.24) is 4.90 Å². The molecule has 1 aliphatic heterocycles. The number of rotatable bonds is 6. The topological polar surface area (TPSA) is 55.6 Å². The van der Waals surface area contributed by atoms with Gasteiger partial charge in [0.25, 0.3) is 5.91 Å². The van der Waals surface area contributed by atoms with Gasteiger partial charge in [0.2, 0.25) is 0 Å². The fourth-order valence-corrected chi connectivity index (χ4v) is 3.45. The lowest BCUT2D eigenvalue weighted by atomic mass is 9.97. The van der Waals surface area contributed by atoms with Crippen LogP contribution in [0.2, 0.25) is 0 Å². The highest BCUT2D eigenvalue weighted by Crippen LogP contribution is 2.34. The molecule has 4 heteroatoms. The molecule has 0 bridgehead atoms. The summed E-state index contributed by atoms with van der Waals surface area (Å²) in [4.78, 5) is 13.6. The number of carbonyl (C=O) groups is 1. The molecule has 1 saturated heterocycles. The number of aryl methyl sites for hydroxylation is 1. The van der Waals surface area contributed by atoms with E-state index in [1.165, 1.54) is 31.5 Å². The monoisotopic (exact) mass is 338 g/mol. The van der Waals surface area contributed by atoms with Gasteiger partial charge in [-0.25, -0.2) is 0 Å². The van der Waals surface area contributed by atoms with Gasteiger partial charge in [-0.2, -0.15) is 0 Å². The van der Waals surface area contributed by atoms with E-state index in [4.69, 9.17) is 10.5 Å². The first-order chi connectivity index (χ1) is 12.0. The van der Waals surface area contributed by atoms with Crippen LogP contribution in [-0.4, -0.2) is 30.5 Å². The molecule has 2 aromatic carbocycles. The smallest absolute Gasteiger partial charge is 0.255 e. The quantitative estimate of drug-likeness (QED) is 0.874. The van der Waals surface area contributed by atoms with Crippen molar-refractivity contribution in [3.63, 3.8) is 0 Å². The summed E-state index contributed by atoms with van der Waals surface area (Å²) in [5.41, 5.74) is 9.78. The normalized spacial score (nSPS) is 15.9. The number of ether oxygens (including phenoxy) is 1. The van der Waals surface area contributed by atoms with E-state index in [0.717, 1.165) is 16.7 Å². The van der Waals surface area contributed by atoms with Crippen molar-refractivity contribution in [2.24, 2.45) is 5.73 Å². The Morgan fingerprint density at radius 1 is 1.20 bits per heavy atom. The van der Waals surface area contributed by atoms with Gasteiger partial charge in [0.15, 0.2) is 6.61 Å². The molecule has 1 amide bonds. The molecule has 1 unspecified atom stereocenters. The van der Waals surface area contributed by atoms with Gasteiger partial charge in [0, 0.05) is 11.6 Å². The minimum absolute atomic E-state index is 0.111. The predicted molar refractivity (Wildman–Crippen MR) is 101 cm³/mol. The fraction of sp³-hybridized carbons (Fsp3) is 0.381. The van der Waals surface area contributed by atoms with E-state index < -0.39 is 5.91 Å². The fourth-order valence-electron chi connectivity index (χ4n) is 3.45. The maximum atomic E-state index is 11.1. The molecule has 2 N–H and O–H groups in total. The lowest BCUT2D eigenvalue weighted by molar-refractivity contribution is -0.119. The van der Waals surface area contributed by atoms with Gasteiger partial charge in [-0.3, -0.25) is 9.69 Å². The molecule has 0 spiro atoms. The highest BCUT2D eigenvalue weighted by atomic mass is 16.5. The summed E-state index contributed by atoms with van der Waals surface area (Å²) < 4.78 is 5.62. The van der Waals surface area contributed by atoms with Crippen LogP contribution in [0.4, 0.5) is 0 Å². The first kappa shape index (κ1) is 17.5. The second-order valence-electron chi connectivity index (χ2n) is 6.80. The zero-order chi connectivity index (χ0) is 17.8. The van der Waals surface area contributed by atoms with Crippen LogP contribution in [0.1, 0.15) is 36.9 Å². The van der Waals surface area contributed by atoms with Crippen LogP contribution in [0.3, 0.4) is 0 Å². The van der Waals surface area contributed by atoms with Crippen molar-refractivity contribution in [2.45, 2.75) is 32.7 Å². The van der Waals surface area contributed by atoms with Crippen LogP contribution < -0.4 is 10.5 Å². The molecule has 1 heterocycles. The largest absolute Gasteiger partial charge is 0.483 e. The second-order valence-corrected chi connectivity index (χ2v) is 6.80. The first-order valence-corrected chi connectivity index (χ1v) is 8.91. The van der Waals surface area contributed by atoms with Gasteiger partial charge in [0.1, 0.15) is 5.75 Å². The molecule has 0 radical (unpaired) electrons. The number of carbonyl (C=O) groups excluding carboxylic acids is 1. The molecule has 0 aromatic heterocycles. The van der Waals surface area contributed by atoms with Crippen molar-refractivity contribution in [3.8, 4) is 16.9 Å². The maximum absolute atomic E-state index is 11.1. The maximum Gasteiger partial charge on any atom is 0.255 e. The van der Waals surface area contributed by atoms with Crippen LogP contribution in [0.5, 0.6) is 5.75 Å². The molecule has 3 rings (SSSR count). The van der Waals surface area contributed by atoms with E-state index in [2.05, 4.69) is 49.1 Å². The summed E-state index contributed by atoms with van der Waals surface area (Å²) in [5, 5.41) is 0. The molecule has 0 aliphatic carbocycles. The summed E-state index contributed by atoms with van der Waals surface area (Å²) >= 11 is 0. The highest BCUT2D eigenvalue weighted by Gasteiger charge is 2.20. The van der Waals surface area contributed by atoms with E-state index in [9.17, 15) is 4.79 Å². The molecule has 4 nitrogen and oxygen atoms in total. The Morgan fingerprint density at radius 3 is 2.68 bits per heavy atom. The van der Waals surface area contributed by atoms with E-state index in [0.29, 0.717) is 11.8 Å². The Bertz CT molecular complexity index is 751. The number of nitrogens with zero attached hydrogens (tertiary/aromatic N) is 1. The van der Waals surface area contributed by atoms with E-state index in [-0.39, 0.29) is 6.61 Å². The van der Waals surface area contributed by atoms with Crippen LogP contribution in [0.15, 0.2) is 42.5 Å². The number of hydrogen-bond acceptors (Lipinski definition) is 3. The summed E-state index contributed by atoms with van der Waals surface area (Å²) in [6.45, 7) is 6.55. The number of benzene rings is 2. The van der Waals surface area contributed by atoms with E-state index in [1.54, 1.807) is 0 Å². The van der Waals surface area contributed by atoms with Crippen molar-refractivity contribution < 1.29 is 9.53 Å². The second kappa shape index (κ2) is 7.70. The Hall–Kier alpha value is -2.33. The molecule has 132 valence electrons. The van der Waals surface area contributed by atoms with Crippen LogP contribution in [-0.2, 0) is 4.79 Å². The lowest BCUT2D eigenvalue weighted by Crippen LogP contribution is -2.23. The third-order valence-corrected chi connectivity index (χ3v) is 4.87. The zero-order valence-corrected chi connectivity index (χ0v) is 15.0. The number of likely N-dealkylation sites (tertiary alicyclic amines) is 1. The van der Waals surface area contributed by atoms with Crippen molar-refractivity contribution in [2.75, 3.05) is 19.7 Å². The highest BCUT2D eigenvalue weighted by molar-refractivity contribution is 5.76. The predicted octanol–water partition coefficient (Wildman–Crippen LogP) is 3.68. The van der Waals surface area contributed by atoms with Gasteiger partial charge in [-0.15, -0.1) is 0 Å². The third kappa shape index (κ3) is 4.20. The SMILES string of the molecule is Cc1ccc(OCC(N)=O)c(-c2cccc(C(C)N3CCCC3)c2)c1. The van der Waals surface area contributed by atoms with Crippen molar-refractivity contribution >= 4 is 5.91 Å². The average molecular weight is 338 g/mol. The van der Waals surface area contributed by atoms with Crippen LogP contribution in [0.25, 0.3) is 11.1 Å². The minimum atomic E-state index is -0.470. The van der Waals surface area contributed by atoms with Crippen molar-refractivity contribution in [1.29, 1.82) is 0 Å². The Kier molecular flexibility index (Phi) is 5.39. The van der Waals surface area contributed by atoms with Gasteiger partial charge in [-0.1, -0.05) is 29.8 Å². The third-order valence-electron chi connectivity index (χ3n) is 4.87. The Morgan fingerprint density at radius 2 is 1.96 bits per heavy atom. The first-order valence-electron chi connectivity index (χ1n) is 8.91. The molecular formula is C21H26N2O2. The summed E-state index contributed by atoms with van der Waals surface area (Å²) in [7, 11) is 0. The molecule has 0 saturated carbocycles. The Balaban J connectivity index is 1.92. The zero-order valence-electron chi connectivity index (χ0n) is 15.0. The van der Waals surface area contributed by atoms with Gasteiger partial charge in [-0.05, 0) is 69.1 Å². The minimum Gasteiger partial charge on any atom is -0.483 e. The summed E-state index contributed by atoms with van der Waals surface area (Å²) in [5.74, 6) is 0.221. The number of primary amides is 1. The molecular weight excluding hydrogens is 312 g/mol. The van der Waals surface area contributed by atoms with Gasteiger partial charge >= 0.3 is 0 Å². The number of amides is 1.